The van der Waals surface area contributed by atoms with Crippen molar-refractivity contribution in [3.05, 3.63) is 12.3 Å². The molecule has 56 valence electrons. The maximum atomic E-state index is 10.8. The van der Waals surface area contributed by atoms with Gasteiger partial charge in [0.15, 0.2) is 5.78 Å². The Hall–Kier alpha value is -0.830. The minimum atomic E-state index is -0.890. The van der Waals surface area contributed by atoms with Gasteiger partial charge in [0.05, 0.1) is 12.9 Å². The molecule has 0 aromatic carbocycles. The second-order valence-corrected chi connectivity index (χ2v) is 2.46. The van der Waals surface area contributed by atoms with E-state index in [4.69, 9.17) is 9.84 Å². The van der Waals surface area contributed by atoms with Crippen LogP contribution in [0.25, 0.3) is 0 Å². The molecule has 0 amide bonds. The van der Waals surface area contributed by atoms with Gasteiger partial charge >= 0.3 is 0 Å². The molecule has 1 aliphatic heterocycles. The van der Waals surface area contributed by atoms with Crippen LogP contribution >= 0.6 is 0 Å². The third kappa shape index (κ3) is 1.36. The Balaban J connectivity index is 2.66. The van der Waals surface area contributed by atoms with Crippen molar-refractivity contribution >= 4 is 5.78 Å². The van der Waals surface area contributed by atoms with E-state index in [9.17, 15) is 4.79 Å². The summed E-state index contributed by atoms with van der Waals surface area (Å²) in [5.41, 5.74) is 0. The minimum absolute atomic E-state index is 0.109. The Morgan fingerprint density at radius 2 is 2.50 bits per heavy atom. The molecule has 1 heterocycles. The average Bonchev–Trinajstić information content (AvgIpc) is 2.04. The van der Waals surface area contributed by atoms with Gasteiger partial charge in [-0.3, -0.25) is 4.79 Å². The summed E-state index contributed by atoms with van der Waals surface area (Å²) in [4.78, 5) is 10.8. The molecule has 0 spiro atoms. The molecule has 2 atom stereocenters. The molecular weight excluding hydrogens is 132 g/mol. The van der Waals surface area contributed by atoms with Crippen LogP contribution in [0.15, 0.2) is 12.3 Å². The average molecular weight is 142 g/mol. The zero-order valence-corrected chi connectivity index (χ0v) is 5.78. The Kier molecular flexibility index (Phi) is 2.06. The van der Waals surface area contributed by atoms with Gasteiger partial charge in [-0.25, -0.2) is 0 Å². The van der Waals surface area contributed by atoms with Crippen LogP contribution in [0, 0.1) is 5.92 Å². The van der Waals surface area contributed by atoms with E-state index in [1.165, 1.54) is 12.3 Å². The van der Waals surface area contributed by atoms with Gasteiger partial charge in [0.1, 0.15) is 6.10 Å². The van der Waals surface area contributed by atoms with Gasteiger partial charge in [0.2, 0.25) is 0 Å². The highest BCUT2D eigenvalue weighted by molar-refractivity contribution is 5.93. The van der Waals surface area contributed by atoms with Crippen molar-refractivity contribution in [3.63, 3.8) is 0 Å². The van der Waals surface area contributed by atoms with Crippen LogP contribution < -0.4 is 0 Å². The van der Waals surface area contributed by atoms with Crippen LogP contribution in [-0.4, -0.2) is 23.6 Å². The van der Waals surface area contributed by atoms with E-state index in [0.29, 0.717) is 6.61 Å². The smallest absolute Gasteiger partial charge is 0.187 e. The van der Waals surface area contributed by atoms with Gasteiger partial charge < -0.3 is 9.84 Å². The largest absolute Gasteiger partial charge is 0.501 e. The summed E-state index contributed by atoms with van der Waals surface area (Å²) >= 11 is 0. The van der Waals surface area contributed by atoms with Crippen molar-refractivity contribution in [3.8, 4) is 0 Å². The van der Waals surface area contributed by atoms with Crippen molar-refractivity contribution in [1.29, 1.82) is 0 Å². The molecule has 0 bridgehead atoms. The number of carbonyl (C=O) groups is 1. The molecule has 0 fully saturated rings. The molecule has 0 aliphatic carbocycles. The topological polar surface area (TPSA) is 46.5 Å². The highest BCUT2D eigenvalue weighted by Crippen LogP contribution is 2.08. The van der Waals surface area contributed by atoms with E-state index in [2.05, 4.69) is 0 Å². The lowest BCUT2D eigenvalue weighted by atomic mass is 10.0. The summed E-state index contributed by atoms with van der Waals surface area (Å²) in [5, 5.41) is 9.15. The van der Waals surface area contributed by atoms with Gasteiger partial charge in [0.25, 0.3) is 0 Å². The van der Waals surface area contributed by atoms with E-state index in [-0.39, 0.29) is 11.7 Å². The van der Waals surface area contributed by atoms with Gasteiger partial charge in [0, 0.05) is 12.0 Å². The molecule has 0 saturated heterocycles. The van der Waals surface area contributed by atoms with E-state index in [0.717, 1.165) is 0 Å². The zero-order valence-electron chi connectivity index (χ0n) is 5.78. The minimum Gasteiger partial charge on any atom is -0.501 e. The van der Waals surface area contributed by atoms with Crippen molar-refractivity contribution in [1.82, 2.24) is 0 Å². The van der Waals surface area contributed by atoms with Gasteiger partial charge in [-0.1, -0.05) is 6.92 Å². The highest BCUT2D eigenvalue weighted by Gasteiger charge is 2.22. The first-order valence-corrected chi connectivity index (χ1v) is 3.22. The van der Waals surface area contributed by atoms with Crippen LogP contribution in [0.2, 0.25) is 0 Å². The second-order valence-electron chi connectivity index (χ2n) is 2.46. The molecule has 0 radical (unpaired) electrons. The summed E-state index contributed by atoms with van der Waals surface area (Å²) in [7, 11) is 0. The van der Waals surface area contributed by atoms with Crippen molar-refractivity contribution in [2.75, 3.05) is 6.61 Å². The van der Waals surface area contributed by atoms with Crippen LogP contribution in [0.4, 0.5) is 0 Å². The molecule has 1 aliphatic rings. The molecule has 1 rings (SSSR count). The molecule has 2 unspecified atom stereocenters. The summed E-state index contributed by atoms with van der Waals surface area (Å²) in [6.07, 6.45) is 1.70. The standard InChI is InChI=1S/C7H10O3/c1-5-4-10-3-2-6(8)7(5)9/h2-3,5,7,9H,4H2,1H3. The molecular formula is C7H10O3. The predicted molar refractivity (Wildman–Crippen MR) is 35.3 cm³/mol. The summed E-state index contributed by atoms with van der Waals surface area (Å²) in [6.45, 7) is 2.18. The molecule has 0 saturated carbocycles. The molecule has 0 aromatic rings. The summed E-state index contributed by atoms with van der Waals surface area (Å²) < 4.78 is 4.89. The molecule has 10 heavy (non-hydrogen) atoms. The number of carbonyl (C=O) groups excluding carboxylic acids is 1. The fourth-order valence-corrected chi connectivity index (χ4v) is 0.793. The third-order valence-electron chi connectivity index (χ3n) is 1.52. The fourth-order valence-electron chi connectivity index (χ4n) is 0.793. The van der Waals surface area contributed by atoms with E-state index in [1.54, 1.807) is 6.92 Å². The van der Waals surface area contributed by atoms with Gasteiger partial charge in [-0.2, -0.15) is 0 Å². The van der Waals surface area contributed by atoms with Crippen LogP contribution in [0.1, 0.15) is 6.92 Å². The van der Waals surface area contributed by atoms with Crippen molar-refractivity contribution in [2.24, 2.45) is 5.92 Å². The zero-order chi connectivity index (χ0) is 7.56. The van der Waals surface area contributed by atoms with Gasteiger partial charge in [-0.15, -0.1) is 0 Å². The first kappa shape index (κ1) is 7.28. The van der Waals surface area contributed by atoms with Crippen LogP contribution in [0.5, 0.6) is 0 Å². The fraction of sp³-hybridized carbons (Fsp3) is 0.571. The van der Waals surface area contributed by atoms with Gasteiger partial charge in [-0.05, 0) is 0 Å². The second kappa shape index (κ2) is 2.84. The normalized spacial score (nSPS) is 33.2. The summed E-state index contributed by atoms with van der Waals surface area (Å²) in [6, 6.07) is 0. The van der Waals surface area contributed by atoms with Crippen LogP contribution in [0.3, 0.4) is 0 Å². The lowest BCUT2D eigenvalue weighted by molar-refractivity contribution is -0.124. The SMILES string of the molecule is CC1COC=CC(=O)C1O. The number of hydrogen-bond donors (Lipinski definition) is 1. The number of rotatable bonds is 0. The molecule has 0 aromatic heterocycles. The predicted octanol–water partition coefficient (Wildman–Crippen LogP) is 0.0964. The van der Waals surface area contributed by atoms with Crippen molar-refractivity contribution in [2.45, 2.75) is 13.0 Å². The summed E-state index contributed by atoms with van der Waals surface area (Å²) in [5.74, 6) is -0.382. The van der Waals surface area contributed by atoms with E-state index in [1.807, 2.05) is 0 Å². The molecule has 1 N–H and O–H groups in total. The number of aliphatic hydroxyl groups excluding tert-OH is 1. The number of aliphatic hydroxyl groups is 1. The van der Waals surface area contributed by atoms with Crippen molar-refractivity contribution < 1.29 is 14.6 Å². The Bertz CT molecular complexity index is 162. The Labute approximate surface area is 59.3 Å². The Morgan fingerprint density at radius 1 is 1.80 bits per heavy atom. The lowest BCUT2D eigenvalue weighted by Gasteiger charge is -2.11. The monoisotopic (exact) mass is 142 g/mol. The quantitative estimate of drug-likeness (QED) is 0.521. The highest BCUT2D eigenvalue weighted by atomic mass is 16.5. The van der Waals surface area contributed by atoms with Crippen LogP contribution in [-0.2, 0) is 9.53 Å². The first-order valence-electron chi connectivity index (χ1n) is 3.22. The first-order chi connectivity index (χ1) is 4.72. The van der Waals surface area contributed by atoms with E-state index < -0.39 is 6.10 Å². The molecule has 3 heteroatoms. The van der Waals surface area contributed by atoms with E-state index >= 15 is 0 Å². The maximum Gasteiger partial charge on any atom is 0.187 e. The number of ketones is 1. The third-order valence-corrected chi connectivity index (χ3v) is 1.52. The maximum absolute atomic E-state index is 10.8. The lowest BCUT2D eigenvalue weighted by Crippen LogP contribution is -2.27. The number of ether oxygens (including phenoxy) is 1. The number of hydrogen-bond acceptors (Lipinski definition) is 3. The molecule has 3 nitrogen and oxygen atoms in total. The Morgan fingerprint density at radius 3 is 3.20 bits per heavy atom.